The molecule has 0 bridgehead atoms. The lowest BCUT2D eigenvalue weighted by Gasteiger charge is -2.19. The molecule has 0 aliphatic carbocycles. The van der Waals surface area contributed by atoms with Gasteiger partial charge in [0.1, 0.15) is 0 Å². The van der Waals surface area contributed by atoms with E-state index in [-0.39, 0.29) is 6.04 Å². The lowest BCUT2D eigenvalue weighted by atomic mass is 10.00. The molecule has 0 amide bonds. The van der Waals surface area contributed by atoms with Crippen LogP contribution in [-0.2, 0) is 18.0 Å². The molecule has 4 heteroatoms. The first-order valence-corrected chi connectivity index (χ1v) is 8.98. The van der Waals surface area contributed by atoms with Gasteiger partial charge in [-0.25, -0.2) is 0 Å². The number of ether oxygens (including phenoxy) is 1. The average molecular weight is 366 g/mol. The third-order valence-electron chi connectivity index (χ3n) is 3.78. The normalized spacial score (nSPS) is 15.2. The predicted octanol–water partition coefficient (Wildman–Crippen LogP) is 4.94. The maximum absolute atomic E-state index is 5.54. The van der Waals surface area contributed by atoms with E-state index in [1.54, 1.807) is 0 Å². The summed E-state index contributed by atoms with van der Waals surface area (Å²) in [6, 6.07) is 9.22. The first-order chi connectivity index (χ1) is 10.2. The van der Waals surface area contributed by atoms with Crippen LogP contribution in [0.25, 0.3) is 0 Å². The third-order valence-corrected chi connectivity index (χ3v) is 5.81. The maximum atomic E-state index is 5.54. The number of hydrogen-bond donors (Lipinski definition) is 1. The summed E-state index contributed by atoms with van der Waals surface area (Å²) in [6.07, 6.45) is 1.13. The summed E-state index contributed by atoms with van der Waals surface area (Å²) in [5, 5.41) is 3.69. The van der Waals surface area contributed by atoms with E-state index < -0.39 is 0 Å². The molecule has 0 saturated heterocycles. The van der Waals surface area contributed by atoms with Gasteiger partial charge in [-0.1, -0.05) is 25.1 Å². The van der Waals surface area contributed by atoms with Crippen LogP contribution < -0.4 is 5.32 Å². The Hall–Kier alpha value is -0.680. The molecule has 0 fully saturated rings. The zero-order valence-corrected chi connectivity index (χ0v) is 14.8. The van der Waals surface area contributed by atoms with Gasteiger partial charge in [0.2, 0.25) is 0 Å². The Kier molecular flexibility index (Phi) is 4.79. The molecule has 0 spiro atoms. The molecule has 1 aromatic heterocycles. The van der Waals surface area contributed by atoms with Gasteiger partial charge in [0, 0.05) is 14.2 Å². The molecule has 1 aliphatic rings. The van der Waals surface area contributed by atoms with Gasteiger partial charge in [-0.2, -0.15) is 0 Å². The first-order valence-electron chi connectivity index (χ1n) is 7.37. The molecule has 1 aliphatic heterocycles. The van der Waals surface area contributed by atoms with Crippen molar-refractivity contribution in [1.82, 2.24) is 5.32 Å². The summed E-state index contributed by atoms with van der Waals surface area (Å²) in [6.45, 7) is 6.88. The van der Waals surface area contributed by atoms with Crippen LogP contribution in [0.1, 0.15) is 45.8 Å². The van der Waals surface area contributed by atoms with Crippen molar-refractivity contribution in [1.29, 1.82) is 0 Å². The first kappa shape index (κ1) is 15.2. The van der Waals surface area contributed by atoms with Gasteiger partial charge in [-0.3, -0.25) is 0 Å². The fraction of sp³-hybridized carbons (Fsp3) is 0.412. The molecule has 1 N–H and O–H groups in total. The summed E-state index contributed by atoms with van der Waals surface area (Å²) < 4.78 is 6.74. The van der Waals surface area contributed by atoms with Gasteiger partial charge in [0.15, 0.2) is 0 Å². The highest BCUT2D eigenvalue weighted by molar-refractivity contribution is 9.10. The Labute approximate surface area is 138 Å². The Bertz CT molecular complexity index is 638. The summed E-state index contributed by atoms with van der Waals surface area (Å²) in [7, 11) is 0. The smallest absolute Gasteiger partial charge is 0.0725 e. The molecule has 2 aromatic rings. The van der Waals surface area contributed by atoms with E-state index in [0.29, 0.717) is 0 Å². The minimum atomic E-state index is 0.254. The second-order valence-electron chi connectivity index (χ2n) is 5.48. The monoisotopic (exact) mass is 365 g/mol. The van der Waals surface area contributed by atoms with E-state index >= 15 is 0 Å². The molecular formula is C17H20BrNOS. The van der Waals surface area contributed by atoms with E-state index in [1.165, 1.54) is 30.9 Å². The second kappa shape index (κ2) is 6.61. The topological polar surface area (TPSA) is 21.3 Å². The highest BCUT2D eigenvalue weighted by atomic mass is 79.9. The van der Waals surface area contributed by atoms with Gasteiger partial charge in [-0.05, 0) is 58.6 Å². The molecule has 1 atom stereocenters. The van der Waals surface area contributed by atoms with Crippen LogP contribution in [0.5, 0.6) is 0 Å². The van der Waals surface area contributed by atoms with Gasteiger partial charge < -0.3 is 10.1 Å². The predicted molar refractivity (Wildman–Crippen MR) is 91.8 cm³/mol. The molecule has 0 saturated carbocycles. The molecule has 0 radical (unpaired) electrons. The SMILES string of the molecule is CCCNC(c1ccc2c(c1)COC2)c1sc(C)cc1Br. The Morgan fingerprint density at radius 1 is 1.29 bits per heavy atom. The van der Waals surface area contributed by atoms with Crippen molar-refractivity contribution in [3.8, 4) is 0 Å². The third kappa shape index (κ3) is 3.24. The minimum absolute atomic E-state index is 0.254. The number of fused-ring (bicyclic) bond motifs is 1. The van der Waals surface area contributed by atoms with Crippen LogP contribution in [0, 0.1) is 6.92 Å². The number of benzene rings is 1. The minimum Gasteiger partial charge on any atom is -0.372 e. The summed E-state index contributed by atoms with van der Waals surface area (Å²) in [5.41, 5.74) is 3.99. The number of halogens is 1. The van der Waals surface area contributed by atoms with Crippen molar-refractivity contribution in [2.45, 2.75) is 39.5 Å². The van der Waals surface area contributed by atoms with Crippen LogP contribution in [-0.4, -0.2) is 6.54 Å². The average Bonchev–Trinajstić information content (AvgIpc) is 3.05. The quantitative estimate of drug-likeness (QED) is 0.810. The number of nitrogens with one attached hydrogen (secondary N) is 1. The van der Waals surface area contributed by atoms with Gasteiger partial charge in [0.25, 0.3) is 0 Å². The van der Waals surface area contributed by atoms with Crippen LogP contribution in [0.2, 0.25) is 0 Å². The molecule has 3 rings (SSSR count). The Morgan fingerprint density at radius 3 is 2.81 bits per heavy atom. The molecule has 2 heterocycles. The van der Waals surface area contributed by atoms with E-state index in [1.807, 2.05) is 11.3 Å². The van der Waals surface area contributed by atoms with Crippen molar-refractivity contribution in [2.75, 3.05) is 6.54 Å². The van der Waals surface area contributed by atoms with Crippen LogP contribution >= 0.6 is 27.3 Å². The zero-order chi connectivity index (χ0) is 14.8. The molecule has 2 nitrogen and oxygen atoms in total. The standard InChI is InChI=1S/C17H20BrNOS/c1-3-6-19-16(17-15(18)7-11(2)21-17)12-4-5-13-9-20-10-14(13)8-12/h4-5,7-8,16,19H,3,6,9-10H2,1-2H3. The number of rotatable bonds is 5. The number of hydrogen-bond acceptors (Lipinski definition) is 3. The van der Waals surface area contributed by atoms with Crippen LogP contribution in [0.4, 0.5) is 0 Å². The lowest BCUT2D eigenvalue weighted by Crippen LogP contribution is -2.22. The summed E-state index contributed by atoms with van der Waals surface area (Å²) in [5.74, 6) is 0. The van der Waals surface area contributed by atoms with E-state index in [4.69, 9.17) is 4.74 Å². The summed E-state index contributed by atoms with van der Waals surface area (Å²) in [4.78, 5) is 2.70. The zero-order valence-electron chi connectivity index (χ0n) is 12.4. The van der Waals surface area contributed by atoms with Crippen LogP contribution in [0.15, 0.2) is 28.7 Å². The van der Waals surface area contributed by atoms with E-state index in [9.17, 15) is 0 Å². The fourth-order valence-corrected chi connectivity index (χ4v) is 4.70. The molecule has 21 heavy (non-hydrogen) atoms. The number of thiophene rings is 1. The molecular weight excluding hydrogens is 346 g/mol. The van der Waals surface area contributed by atoms with Crippen molar-refractivity contribution in [2.24, 2.45) is 0 Å². The lowest BCUT2D eigenvalue weighted by molar-refractivity contribution is 0.134. The second-order valence-corrected chi connectivity index (χ2v) is 7.62. The number of aryl methyl sites for hydroxylation is 1. The van der Waals surface area contributed by atoms with E-state index in [2.05, 4.69) is 59.4 Å². The van der Waals surface area contributed by atoms with Crippen molar-refractivity contribution >= 4 is 27.3 Å². The Morgan fingerprint density at radius 2 is 2.10 bits per heavy atom. The molecule has 1 aromatic carbocycles. The Balaban J connectivity index is 1.97. The molecule has 1 unspecified atom stereocenters. The highest BCUT2D eigenvalue weighted by Crippen LogP contribution is 2.36. The van der Waals surface area contributed by atoms with Crippen LogP contribution in [0.3, 0.4) is 0 Å². The molecule has 112 valence electrons. The fourth-order valence-electron chi connectivity index (χ4n) is 2.72. The maximum Gasteiger partial charge on any atom is 0.0725 e. The van der Waals surface area contributed by atoms with E-state index in [0.717, 1.165) is 26.2 Å². The van der Waals surface area contributed by atoms with Crippen molar-refractivity contribution in [3.05, 3.63) is 55.2 Å². The van der Waals surface area contributed by atoms with Crippen molar-refractivity contribution in [3.63, 3.8) is 0 Å². The van der Waals surface area contributed by atoms with Gasteiger partial charge in [0.05, 0.1) is 19.3 Å². The van der Waals surface area contributed by atoms with Crippen molar-refractivity contribution < 1.29 is 4.74 Å². The largest absolute Gasteiger partial charge is 0.372 e. The van der Waals surface area contributed by atoms with Gasteiger partial charge >= 0.3 is 0 Å². The summed E-state index contributed by atoms with van der Waals surface area (Å²) >= 11 is 5.58. The van der Waals surface area contributed by atoms with Gasteiger partial charge in [-0.15, -0.1) is 11.3 Å². The highest BCUT2D eigenvalue weighted by Gasteiger charge is 2.21.